The Labute approximate surface area is 525 Å². The van der Waals surface area contributed by atoms with Gasteiger partial charge in [-0.2, -0.15) is 8.42 Å². The molecule has 0 bridgehead atoms. The number of rotatable bonds is 21. The van der Waals surface area contributed by atoms with Crippen LogP contribution >= 0.6 is 11.3 Å². The zero-order valence-corrected chi connectivity index (χ0v) is 51.1. The molecule has 4 heterocycles. The van der Waals surface area contributed by atoms with E-state index in [-0.39, 0.29) is 5.56 Å². The number of primary amides is 1. The molecule has 3 fully saturated rings. The maximum absolute atomic E-state index is 14.7. The van der Waals surface area contributed by atoms with Crippen LogP contribution in [0.5, 0.6) is 17.2 Å². The number of hydrogen-bond acceptors (Lipinski definition) is 24. The van der Waals surface area contributed by atoms with Gasteiger partial charge in [0.1, 0.15) is 64.2 Å². The number of fused-ring (bicyclic) bond motifs is 2. The monoisotopic (exact) mass is 1310 g/mol. The molecule has 496 valence electrons. The fourth-order valence-electron chi connectivity index (χ4n) is 10.5. The van der Waals surface area contributed by atoms with Gasteiger partial charge in [-0.15, -0.1) is 10.2 Å². The summed E-state index contributed by atoms with van der Waals surface area (Å²) in [6.45, 7) is 1.82. The van der Waals surface area contributed by atoms with Crippen LogP contribution in [0.15, 0.2) is 66.7 Å². The average Bonchev–Trinajstić information content (AvgIpc) is 1.83. The van der Waals surface area contributed by atoms with E-state index < -0.39 is 199 Å². The Morgan fingerprint density at radius 2 is 1.36 bits per heavy atom. The maximum atomic E-state index is 14.7. The quantitative estimate of drug-likeness (QED) is 0.0286. The maximum Gasteiger partial charge on any atom is 0.446 e. The van der Waals surface area contributed by atoms with Gasteiger partial charge in [0.05, 0.1) is 43.5 Å². The van der Waals surface area contributed by atoms with Crippen molar-refractivity contribution < 1.29 is 106 Å². The number of aliphatic hydroxyl groups excluding tert-OH is 7. The number of nitrogens with zero attached hydrogens (tertiary/aromatic N) is 4. The lowest BCUT2D eigenvalue weighted by Crippen LogP contribution is -2.64. The van der Waals surface area contributed by atoms with Crippen molar-refractivity contribution in [3.63, 3.8) is 0 Å². The molecule has 3 aliphatic rings. The van der Waals surface area contributed by atoms with Crippen LogP contribution in [0.1, 0.15) is 80.8 Å². The number of aromatic hydroxyl groups is 1. The third kappa shape index (κ3) is 18.4. The molecule has 0 saturated carbocycles. The molecule has 7 rings (SSSR count). The Hall–Kier alpha value is -8.03. The van der Waals surface area contributed by atoms with Gasteiger partial charge in [-0.05, 0) is 80.3 Å². The standard InChI is InChI=1S/C57H74N10O22S2/c1-27-25-67-45(46(27)74)53(81)59-24-33(69)21-36(60-49(77)29-8-10-30(11-9-29)54-64-65-55(90-54)31-12-15-35(16-13-31)88-19-7-5-4-6-18-87-3)50(78)61-42(28(2)68)56(82)66-26-34(70)22-37(66)51(79)63-44(52(80)62-43(57(67)83)39(72)23-41(58)73)48(76)47(75)32-14-17-38(71)40(20-32)89-91(84,85)86/h8-17,20,27-28,33-34,36-37,39,42-48,68-72,74-76H,4-7,18-19,21-26H2,1-3H3,(H2,58,73)(H,59,81)(H,60,77)(H,61,78)(H,62,80)(H,63,79)(H,84,85,86). The fraction of sp³-hybridized carbons (Fsp3) is 0.509. The molecule has 0 radical (unpaired) electrons. The molecule has 3 aliphatic heterocycles. The van der Waals surface area contributed by atoms with Crippen LogP contribution in [0, 0.1) is 5.92 Å². The van der Waals surface area contributed by atoms with Gasteiger partial charge in [0.15, 0.2) is 11.5 Å². The number of nitrogens with two attached hydrogens (primary N) is 1. The van der Waals surface area contributed by atoms with Crippen molar-refractivity contribution in [3.8, 4) is 38.4 Å². The van der Waals surface area contributed by atoms with Crippen LogP contribution in [0.2, 0.25) is 0 Å². The van der Waals surface area contributed by atoms with Crippen LogP contribution in [0.3, 0.4) is 0 Å². The van der Waals surface area contributed by atoms with E-state index in [0.29, 0.717) is 43.8 Å². The summed E-state index contributed by atoms with van der Waals surface area (Å²) >= 11 is 1.26. The molecular formula is C57H74N10O22S2. The summed E-state index contributed by atoms with van der Waals surface area (Å²) < 4.78 is 47.7. The molecule has 16 N–H and O–H groups in total. The van der Waals surface area contributed by atoms with Crippen LogP contribution in [-0.2, 0) is 48.7 Å². The summed E-state index contributed by atoms with van der Waals surface area (Å²) in [5, 5.41) is 111. The SMILES string of the molecule is COCCCCCCOc1ccc(-c2nnc(-c3ccc(C(=O)NC4CC(O)CNC(=O)C5C(O)C(C)CN5C(=O)C(C(O)CC(N)=O)NC(=O)C(C(O)C(O)c5ccc(O)c(OS(=O)(=O)O)c5)NC(=O)C5CC(O)CN5C(=O)C(C(C)O)NC4=O)cc3)s2)cc1. The lowest BCUT2D eigenvalue weighted by Gasteiger charge is -2.34. The second-order valence-electron chi connectivity index (χ2n) is 22.3. The molecule has 34 heteroatoms. The molecule has 8 amide bonds. The third-order valence-corrected chi connectivity index (χ3v) is 16.8. The number of carbonyl (C=O) groups excluding carboxylic acids is 8. The van der Waals surface area contributed by atoms with Crippen LogP contribution in [0.4, 0.5) is 0 Å². The summed E-state index contributed by atoms with van der Waals surface area (Å²) in [6.07, 6.45) is -12.8. The molecule has 0 aliphatic carbocycles. The van der Waals surface area contributed by atoms with Gasteiger partial charge in [-0.3, -0.25) is 42.9 Å². The van der Waals surface area contributed by atoms with E-state index in [1.54, 1.807) is 19.2 Å². The first-order valence-corrected chi connectivity index (χ1v) is 31.0. The summed E-state index contributed by atoms with van der Waals surface area (Å²) in [5.74, 6) is -12.4. The number of aromatic nitrogens is 2. The number of carbonyl (C=O) groups is 8. The lowest BCUT2D eigenvalue weighted by atomic mass is 9.96. The number of benzene rings is 3. The topological polar surface area (TPSA) is 499 Å². The summed E-state index contributed by atoms with van der Waals surface area (Å²) in [6, 6.07) is 2.94. The van der Waals surface area contributed by atoms with Crippen molar-refractivity contribution in [3.05, 3.63) is 77.9 Å². The Morgan fingerprint density at radius 3 is 1.98 bits per heavy atom. The number of phenols is 1. The second kappa shape index (κ2) is 31.3. The van der Waals surface area contributed by atoms with Crippen molar-refractivity contribution in [1.82, 2.24) is 46.6 Å². The molecule has 1 aromatic heterocycles. The first-order chi connectivity index (χ1) is 43.0. The van der Waals surface area contributed by atoms with Gasteiger partial charge in [-0.1, -0.05) is 42.9 Å². The van der Waals surface area contributed by atoms with Crippen molar-refractivity contribution in [2.45, 2.75) is 138 Å². The van der Waals surface area contributed by atoms with E-state index in [2.05, 4.69) is 41.0 Å². The number of phenolic OH excluding ortho intramolecular Hbond substituents is 1. The van der Waals surface area contributed by atoms with Gasteiger partial charge in [0.25, 0.3) is 5.91 Å². The number of amides is 8. The van der Waals surface area contributed by atoms with E-state index >= 15 is 0 Å². The van der Waals surface area contributed by atoms with Gasteiger partial charge in [-0.25, -0.2) is 0 Å². The first-order valence-electron chi connectivity index (χ1n) is 28.9. The van der Waals surface area contributed by atoms with Crippen LogP contribution in [0.25, 0.3) is 21.1 Å². The molecular weight excluding hydrogens is 1240 g/mol. The Bertz CT molecular complexity index is 3360. The average molecular weight is 1320 g/mol. The number of nitrogens with one attached hydrogen (secondary N) is 5. The number of methoxy groups -OCH3 is 1. The molecule has 32 nitrogen and oxygen atoms in total. The van der Waals surface area contributed by atoms with Crippen LogP contribution < -0.4 is 41.2 Å². The van der Waals surface area contributed by atoms with Gasteiger partial charge < -0.3 is 96.6 Å². The number of hydrogen-bond donors (Lipinski definition) is 15. The number of unbranched alkanes of at least 4 members (excludes halogenated alkanes) is 3. The number of aliphatic hydroxyl groups is 7. The van der Waals surface area contributed by atoms with Crippen molar-refractivity contribution in [2.24, 2.45) is 11.7 Å². The highest BCUT2D eigenvalue weighted by Gasteiger charge is 2.50. The largest absolute Gasteiger partial charge is 0.504 e. The molecule has 91 heavy (non-hydrogen) atoms. The lowest BCUT2D eigenvalue weighted by molar-refractivity contribution is -0.148. The minimum Gasteiger partial charge on any atom is -0.504 e. The minimum absolute atomic E-state index is 0.0312. The first kappa shape index (κ1) is 70.4. The highest BCUT2D eigenvalue weighted by atomic mass is 32.3. The van der Waals surface area contributed by atoms with E-state index in [1.165, 1.54) is 30.4 Å². The van der Waals surface area contributed by atoms with E-state index in [0.717, 1.165) is 56.9 Å². The Balaban J connectivity index is 1.18. The predicted octanol–water partition coefficient (Wildman–Crippen LogP) is -3.34. The second-order valence-corrected chi connectivity index (χ2v) is 24.3. The van der Waals surface area contributed by atoms with E-state index in [9.17, 15) is 92.2 Å². The minimum atomic E-state index is -5.34. The molecule has 14 unspecified atom stereocenters. The van der Waals surface area contributed by atoms with Gasteiger partial charge in [0, 0.05) is 68.8 Å². The summed E-state index contributed by atoms with van der Waals surface area (Å²) in [7, 11) is -3.67. The molecule has 3 saturated heterocycles. The zero-order chi connectivity index (χ0) is 66.6. The van der Waals surface area contributed by atoms with E-state index in [1.807, 2.05) is 24.3 Å². The zero-order valence-electron chi connectivity index (χ0n) is 49.4. The highest BCUT2D eigenvalue weighted by Crippen LogP contribution is 2.34. The fourth-order valence-corrected chi connectivity index (χ4v) is 11.7. The number of ether oxygens (including phenoxy) is 2. The van der Waals surface area contributed by atoms with Gasteiger partial charge >= 0.3 is 10.4 Å². The normalized spacial score (nSPS) is 25.3. The molecule has 14 atom stereocenters. The Kier molecular flexibility index (Phi) is 24.2. The molecule has 4 aromatic rings. The molecule has 3 aromatic carbocycles. The van der Waals surface area contributed by atoms with E-state index in [4.69, 9.17) is 15.2 Å². The van der Waals surface area contributed by atoms with Crippen LogP contribution in [-0.4, -0.2) is 234 Å². The molecule has 0 spiro atoms. The van der Waals surface area contributed by atoms with Gasteiger partial charge in [0.2, 0.25) is 41.4 Å². The van der Waals surface area contributed by atoms with Crippen molar-refractivity contribution >= 4 is 69.0 Å². The smallest absolute Gasteiger partial charge is 0.446 e. The Morgan fingerprint density at radius 1 is 0.758 bits per heavy atom. The number of β-amino-alcohol motifs (C(OH)–C–C–N with tert-alkyl or cyclic N) is 1. The third-order valence-electron chi connectivity index (χ3n) is 15.4. The van der Waals surface area contributed by atoms with Crippen molar-refractivity contribution in [2.75, 3.05) is 40.0 Å². The van der Waals surface area contributed by atoms with Crippen molar-refractivity contribution in [1.29, 1.82) is 0 Å². The summed E-state index contributed by atoms with van der Waals surface area (Å²) in [4.78, 5) is 115. The summed E-state index contributed by atoms with van der Waals surface area (Å²) in [5.41, 5.74) is 6.08. The highest BCUT2D eigenvalue weighted by molar-refractivity contribution is 7.81. The predicted molar refractivity (Wildman–Crippen MR) is 317 cm³/mol.